The van der Waals surface area contributed by atoms with Crippen molar-refractivity contribution in [2.45, 2.75) is 0 Å². The smallest absolute Gasteiger partial charge is 0.379 e. The molecule has 1 aromatic heterocycles. The molecular formula is C8H10N2O3. The SMILES string of the molecule is CNC(=O)COc1cccc[n+]1[O-]. The van der Waals surface area contributed by atoms with Gasteiger partial charge in [0.05, 0.1) is 6.07 Å². The minimum Gasteiger partial charge on any atom is -0.616 e. The lowest BCUT2D eigenvalue weighted by Gasteiger charge is -2.04. The minimum absolute atomic E-state index is 0.117. The van der Waals surface area contributed by atoms with Gasteiger partial charge in [0, 0.05) is 13.1 Å². The molecule has 13 heavy (non-hydrogen) atoms. The number of nitrogens with zero attached hydrogens (tertiary/aromatic N) is 1. The summed E-state index contributed by atoms with van der Waals surface area (Å²) >= 11 is 0. The zero-order valence-corrected chi connectivity index (χ0v) is 7.19. The highest BCUT2D eigenvalue weighted by Crippen LogP contribution is 1.99. The number of likely N-dealkylation sites (N-methyl/N-ethyl adjacent to an activating group) is 1. The molecule has 1 heterocycles. The molecule has 0 saturated carbocycles. The highest BCUT2D eigenvalue weighted by atomic mass is 16.6. The first kappa shape index (κ1) is 9.31. The molecule has 0 aliphatic heterocycles. The van der Waals surface area contributed by atoms with Crippen molar-refractivity contribution in [3.63, 3.8) is 0 Å². The Kier molecular flexibility index (Phi) is 3.08. The van der Waals surface area contributed by atoms with E-state index in [-0.39, 0.29) is 18.4 Å². The number of carbonyl (C=O) groups is 1. The maximum absolute atomic E-state index is 11.0. The third-order valence-electron chi connectivity index (χ3n) is 1.42. The minimum atomic E-state index is -0.274. The maximum Gasteiger partial charge on any atom is 0.379 e. The molecule has 5 heteroatoms. The van der Waals surface area contributed by atoms with E-state index >= 15 is 0 Å². The third kappa shape index (κ3) is 2.62. The number of carbonyl (C=O) groups excluding carboxylic acids is 1. The van der Waals surface area contributed by atoms with Crippen LogP contribution in [0.3, 0.4) is 0 Å². The monoisotopic (exact) mass is 182 g/mol. The van der Waals surface area contributed by atoms with Gasteiger partial charge in [0.1, 0.15) is 0 Å². The molecule has 1 rings (SSSR count). The van der Waals surface area contributed by atoms with Crippen molar-refractivity contribution in [3.8, 4) is 5.88 Å². The molecule has 1 N–H and O–H groups in total. The Balaban J connectivity index is 2.54. The number of ether oxygens (including phenoxy) is 1. The summed E-state index contributed by atoms with van der Waals surface area (Å²) in [5, 5.41) is 13.4. The molecule has 0 unspecified atom stereocenters. The molecule has 0 aliphatic rings. The van der Waals surface area contributed by atoms with Gasteiger partial charge in [-0.05, 0) is 6.07 Å². The van der Waals surface area contributed by atoms with Crippen molar-refractivity contribution < 1.29 is 14.3 Å². The van der Waals surface area contributed by atoms with Crippen LogP contribution in [0.25, 0.3) is 0 Å². The number of amides is 1. The molecule has 0 atom stereocenters. The summed E-state index contributed by atoms with van der Waals surface area (Å²) in [4.78, 5) is 10.7. The van der Waals surface area contributed by atoms with E-state index in [0.29, 0.717) is 4.73 Å². The van der Waals surface area contributed by atoms with E-state index in [4.69, 9.17) is 4.74 Å². The van der Waals surface area contributed by atoms with Crippen LogP contribution in [0.15, 0.2) is 24.4 Å². The van der Waals surface area contributed by atoms with Gasteiger partial charge in [0.25, 0.3) is 5.91 Å². The van der Waals surface area contributed by atoms with E-state index in [1.807, 2.05) is 0 Å². The third-order valence-corrected chi connectivity index (χ3v) is 1.42. The van der Waals surface area contributed by atoms with Gasteiger partial charge in [-0.25, -0.2) is 0 Å². The van der Waals surface area contributed by atoms with Crippen LogP contribution >= 0.6 is 0 Å². The van der Waals surface area contributed by atoms with Crippen LogP contribution < -0.4 is 14.8 Å². The van der Waals surface area contributed by atoms with Crippen LogP contribution in [0, 0.1) is 5.21 Å². The number of hydrogen-bond donors (Lipinski definition) is 1. The fraction of sp³-hybridized carbons (Fsp3) is 0.250. The summed E-state index contributed by atoms with van der Waals surface area (Å²) in [7, 11) is 1.50. The van der Waals surface area contributed by atoms with E-state index in [0.717, 1.165) is 0 Å². The second kappa shape index (κ2) is 4.30. The van der Waals surface area contributed by atoms with Gasteiger partial charge in [-0.15, -0.1) is 4.73 Å². The van der Waals surface area contributed by atoms with Gasteiger partial charge >= 0.3 is 5.88 Å². The molecule has 1 aromatic rings. The normalized spacial score (nSPS) is 9.31. The molecule has 0 spiro atoms. The fourth-order valence-electron chi connectivity index (χ4n) is 0.736. The second-order valence-electron chi connectivity index (χ2n) is 2.33. The zero-order chi connectivity index (χ0) is 9.68. The van der Waals surface area contributed by atoms with Gasteiger partial charge < -0.3 is 15.3 Å². The van der Waals surface area contributed by atoms with Crippen LogP contribution in [0.5, 0.6) is 5.88 Å². The van der Waals surface area contributed by atoms with Crippen molar-refractivity contribution in [3.05, 3.63) is 29.6 Å². The quantitative estimate of drug-likeness (QED) is 0.503. The molecule has 1 amide bonds. The summed E-state index contributed by atoms with van der Waals surface area (Å²) < 4.78 is 5.49. The van der Waals surface area contributed by atoms with Crippen LogP contribution in [0.4, 0.5) is 0 Å². The molecule has 0 radical (unpaired) electrons. The Morgan fingerprint density at radius 2 is 2.46 bits per heavy atom. The summed E-state index contributed by atoms with van der Waals surface area (Å²) in [6.07, 6.45) is 1.30. The fourth-order valence-corrected chi connectivity index (χ4v) is 0.736. The Bertz CT molecular complexity index is 301. The number of hydrogen-bond acceptors (Lipinski definition) is 3. The molecule has 0 saturated heterocycles. The molecule has 0 aliphatic carbocycles. The topological polar surface area (TPSA) is 65.3 Å². The summed E-state index contributed by atoms with van der Waals surface area (Å²) in [6.45, 7) is -0.150. The lowest BCUT2D eigenvalue weighted by Crippen LogP contribution is -2.32. The van der Waals surface area contributed by atoms with Crippen LogP contribution in [-0.4, -0.2) is 19.6 Å². The van der Waals surface area contributed by atoms with Crippen molar-refractivity contribution >= 4 is 5.91 Å². The van der Waals surface area contributed by atoms with Crippen molar-refractivity contribution in [1.82, 2.24) is 5.32 Å². The van der Waals surface area contributed by atoms with E-state index in [1.54, 1.807) is 12.1 Å². The Morgan fingerprint density at radius 3 is 3.08 bits per heavy atom. The number of rotatable bonds is 3. The van der Waals surface area contributed by atoms with Gasteiger partial charge in [-0.3, -0.25) is 4.79 Å². The van der Waals surface area contributed by atoms with Crippen molar-refractivity contribution in [2.75, 3.05) is 13.7 Å². The first-order valence-electron chi connectivity index (χ1n) is 3.75. The predicted molar refractivity (Wildman–Crippen MR) is 45.0 cm³/mol. The first-order valence-corrected chi connectivity index (χ1v) is 3.75. The van der Waals surface area contributed by atoms with Gasteiger partial charge in [-0.1, -0.05) is 0 Å². The largest absolute Gasteiger partial charge is 0.616 e. The predicted octanol–water partition coefficient (Wildman–Crippen LogP) is -0.555. The Hall–Kier alpha value is -1.78. The maximum atomic E-state index is 11.0. The molecular weight excluding hydrogens is 172 g/mol. The lowest BCUT2D eigenvalue weighted by molar-refractivity contribution is -0.612. The summed E-state index contributed by atoms with van der Waals surface area (Å²) in [5.74, 6) is -0.157. The van der Waals surface area contributed by atoms with Crippen LogP contribution in [0.2, 0.25) is 0 Å². The van der Waals surface area contributed by atoms with Crippen molar-refractivity contribution in [1.29, 1.82) is 0 Å². The van der Waals surface area contributed by atoms with E-state index in [1.165, 1.54) is 19.3 Å². The van der Waals surface area contributed by atoms with Crippen LogP contribution in [0.1, 0.15) is 0 Å². The van der Waals surface area contributed by atoms with Crippen molar-refractivity contribution in [2.24, 2.45) is 0 Å². The summed E-state index contributed by atoms with van der Waals surface area (Å²) in [6, 6.07) is 4.74. The number of nitrogens with one attached hydrogen (secondary N) is 1. The molecule has 0 fully saturated rings. The summed E-state index contributed by atoms with van der Waals surface area (Å²) in [5.41, 5.74) is 0. The zero-order valence-electron chi connectivity index (χ0n) is 7.19. The van der Waals surface area contributed by atoms with Gasteiger partial charge in [-0.2, -0.15) is 0 Å². The molecule has 70 valence electrons. The van der Waals surface area contributed by atoms with E-state index < -0.39 is 0 Å². The second-order valence-corrected chi connectivity index (χ2v) is 2.33. The van der Waals surface area contributed by atoms with Crippen LogP contribution in [-0.2, 0) is 4.79 Å². The lowest BCUT2D eigenvalue weighted by atomic mass is 10.5. The Morgan fingerprint density at radius 1 is 1.69 bits per heavy atom. The Labute approximate surface area is 75.5 Å². The van der Waals surface area contributed by atoms with E-state index in [2.05, 4.69) is 5.32 Å². The molecule has 5 nitrogen and oxygen atoms in total. The average molecular weight is 182 g/mol. The van der Waals surface area contributed by atoms with E-state index in [9.17, 15) is 10.0 Å². The number of aromatic nitrogens is 1. The van der Waals surface area contributed by atoms with Gasteiger partial charge in [0.15, 0.2) is 12.8 Å². The first-order chi connectivity index (χ1) is 6.24. The standard InChI is InChI=1S/C8H10N2O3/c1-9-7(11)6-13-8-4-2-3-5-10(8)12/h2-5H,6H2,1H3,(H,9,11). The molecule has 0 bridgehead atoms. The highest BCUT2D eigenvalue weighted by Gasteiger charge is 2.06. The highest BCUT2D eigenvalue weighted by molar-refractivity contribution is 5.76. The average Bonchev–Trinajstić information content (AvgIpc) is 2.16. The molecule has 0 aromatic carbocycles. The number of pyridine rings is 1. The van der Waals surface area contributed by atoms with Gasteiger partial charge in [0.2, 0.25) is 0 Å².